The van der Waals surface area contributed by atoms with Gasteiger partial charge in [0, 0.05) is 47.3 Å². The molecule has 6 heterocycles. The molecule has 310 valence electrons. The number of H-pyrrole nitrogens is 4. The predicted octanol–water partition coefficient (Wildman–Crippen LogP) is 13.3. The summed E-state index contributed by atoms with van der Waals surface area (Å²) in [6, 6.07) is 14.8. The highest BCUT2D eigenvalue weighted by molar-refractivity contribution is 6.11. The number of ether oxygens (including phenoxy) is 2. The summed E-state index contributed by atoms with van der Waals surface area (Å²) in [5.41, 5.74) is 12.0. The molecule has 8 heteroatoms. The summed E-state index contributed by atoms with van der Waals surface area (Å²) >= 11 is 0. The lowest BCUT2D eigenvalue weighted by atomic mass is 9.89. The fraction of sp³-hybridized carbons (Fsp3) is 0.480. The van der Waals surface area contributed by atoms with Crippen LogP contribution < -0.4 is 0 Å². The maximum atomic E-state index is 5.65. The lowest BCUT2D eigenvalue weighted by Crippen LogP contribution is -1.99. The zero-order valence-corrected chi connectivity index (χ0v) is 35.7. The smallest absolute Gasteiger partial charge is 0.146 e. The Hall–Kier alpha value is -4.98. The minimum absolute atomic E-state index is 0.606. The number of fused-ring (bicyclic) bond motifs is 2. The van der Waals surface area contributed by atoms with E-state index in [0.29, 0.717) is 5.92 Å². The molecule has 2 aliphatic heterocycles. The van der Waals surface area contributed by atoms with Crippen LogP contribution in [0.2, 0.25) is 0 Å². The van der Waals surface area contributed by atoms with E-state index >= 15 is 0 Å². The molecule has 0 saturated heterocycles. The summed E-state index contributed by atoms with van der Waals surface area (Å²) in [4.78, 5) is 23.3. The molecule has 1 unspecified atom stereocenters. The quantitative estimate of drug-likeness (QED) is 0.0800. The van der Waals surface area contributed by atoms with Crippen LogP contribution in [0.3, 0.4) is 0 Å². The fourth-order valence-corrected chi connectivity index (χ4v) is 8.35. The molecule has 1 atom stereocenters. The van der Waals surface area contributed by atoms with E-state index in [0.717, 1.165) is 64.3 Å². The van der Waals surface area contributed by atoms with Gasteiger partial charge in [-0.05, 0) is 105 Å². The second-order valence-corrected chi connectivity index (χ2v) is 16.1. The van der Waals surface area contributed by atoms with E-state index in [9.17, 15) is 0 Å². The molecule has 0 aromatic carbocycles. The number of nitrogens with zero attached hydrogens (tertiary/aromatic N) is 2. The molecule has 1 aliphatic carbocycles. The number of methoxy groups -OCH3 is 2. The third kappa shape index (κ3) is 12.3. The topological polar surface area (TPSA) is 106 Å². The number of aromatic amines is 4. The maximum absolute atomic E-state index is 5.65. The van der Waals surface area contributed by atoms with E-state index in [1.54, 1.807) is 14.2 Å². The zero-order chi connectivity index (χ0) is 40.4. The van der Waals surface area contributed by atoms with E-state index < -0.39 is 0 Å². The molecule has 7 rings (SSSR count). The Morgan fingerprint density at radius 1 is 0.672 bits per heavy atom. The summed E-state index contributed by atoms with van der Waals surface area (Å²) < 4.78 is 11.2. The van der Waals surface area contributed by atoms with Crippen molar-refractivity contribution in [3.63, 3.8) is 0 Å². The van der Waals surface area contributed by atoms with Gasteiger partial charge < -0.3 is 29.4 Å². The third-order valence-electron chi connectivity index (χ3n) is 11.7. The van der Waals surface area contributed by atoms with Crippen molar-refractivity contribution in [3.8, 4) is 0 Å². The number of aliphatic imine (C=N–C) groups is 2. The lowest BCUT2D eigenvalue weighted by molar-refractivity contribution is 0.303. The summed E-state index contributed by atoms with van der Waals surface area (Å²) in [5.74, 6) is 2.22. The van der Waals surface area contributed by atoms with Crippen LogP contribution in [0.15, 0.2) is 99.9 Å². The molecule has 0 saturated carbocycles. The molecule has 0 fully saturated rings. The molecule has 4 N–H and O–H groups in total. The number of aromatic nitrogens is 4. The second-order valence-electron chi connectivity index (χ2n) is 16.1. The Morgan fingerprint density at radius 3 is 1.88 bits per heavy atom. The van der Waals surface area contributed by atoms with Crippen LogP contribution >= 0.6 is 0 Å². The van der Waals surface area contributed by atoms with Gasteiger partial charge in [-0.1, -0.05) is 97.3 Å². The van der Waals surface area contributed by atoms with Gasteiger partial charge in [-0.2, -0.15) is 0 Å². The number of allylic oxidation sites excluding steroid dienone is 2. The van der Waals surface area contributed by atoms with E-state index in [1.165, 1.54) is 132 Å². The average Bonchev–Trinajstić information content (AvgIpc) is 4.09. The molecule has 8 nitrogen and oxygen atoms in total. The molecular formula is C50H68N6O2. The highest BCUT2D eigenvalue weighted by Gasteiger charge is 2.21. The van der Waals surface area contributed by atoms with Crippen molar-refractivity contribution < 1.29 is 9.47 Å². The van der Waals surface area contributed by atoms with Crippen LogP contribution in [0.5, 0.6) is 0 Å². The van der Waals surface area contributed by atoms with Crippen molar-refractivity contribution in [2.45, 2.75) is 142 Å². The van der Waals surface area contributed by atoms with Crippen molar-refractivity contribution in [2.75, 3.05) is 14.2 Å². The van der Waals surface area contributed by atoms with Gasteiger partial charge >= 0.3 is 0 Å². The molecule has 4 aromatic heterocycles. The second kappa shape index (κ2) is 22.8. The Bertz CT molecular complexity index is 2010. The number of aryl methyl sites for hydroxylation is 2. The van der Waals surface area contributed by atoms with Crippen LogP contribution in [0, 0.1) is 0 Å². The van der Waals surface area contributed by atoms with Crippen molar-refractivity contribution in [3.05, 3.63) is 130 Å². The van der Waals surface area contributed by atoms with Crippen LogP contribution in [-0.2, 0) is 22.3 Å². The van der Waals surface area contributed by atoms with Gasteiger partial charge in [0.25, 0.3) is 0 Å². The van der Waals surface area contributed by atoms with Crippen LogP contribution in [0.25, 0.3) is 12.2 Å². The minimum Gasteiger partial charge on any atom is -0.494 e. The maximum Gasteiger partial charge on any atom is 0.146 e. The van der Waals surface area contributed by atoms with E-state index in [2.05, 4.69) is 64.1 Å². The van der Waals surface area contributed by atoms with E-state index in [4.69, 9.17) is 19.5 Å². The molecule has 3 aliphatic rings. The SMILES string of the molecule is CCC1CCCCCCCCc2cc1c(/C=C1/N=C(c3ccc[nH]3)C=C1OC)[nH]2.CCCCCCCCCCCc1ccc(/C=C2/N=C(c3ccc[nH]3)C=C2OC)[nH]1. The zero-order valence-electron chi connectivity index (χ0n) is 35.7. The summed E-state index contributed by atoms with van der Waals surface area (Å²) in [7, 11) is 3.41. The van der Waals surface area contributed by atoms with Gasteiger partial charge in [0.2, 0.25) is 0 Å². The van der Waals surface area contributed by atoms with Crippen LogP contribution in [0.1, 0.15) is 169 Å². The first-order chi connectivity index (χ1) is 28.6. The fourth-order valence-electron chi connectivity index (χ4n) is 8.35. The molecular weight excluding hydrogens is 717 g/mol. The first-order valence-electron chi connectivity index (χ1n) is 22.4. The van der Waals surface area contributed by atoms with Crippen LogP contribution in [-0.4, -0.2) is 45.6 Å². The normalized spacial score (nSPS) is 18.5. The average molecular weight is 785 g/mol. The number of unbranched alkanes of at least 4 members (excludes halogenated alkanes) is 8. The monoisotopic (exact) mass is 785 g/mol. The van der Waals surface area contributed by atoms with Crippen molar-refractivity contribution in [1.29, 1.82) is 0 Å². The third-order valence-corrected chi connectivity index (χ3v) is 11.7. The van der Waals surface area contributed by atoms with Gasteiger partial charge in [0.05, 0.1) is 37.0 Å². The number of hydrogen-bond donors (Lipinski definition) is 4. The molecule has 2 bridgehead atoms. The minimum atomic E-state index is 0.606. The summed E-state index contributed by atoms with van der Waals surface area (Å²) in [6.07, 6.45) is 37.1. The van der Waals surface area contributed by atoms with Gasteiger partial charge in [0.15, 0.2) is 0 Å². The van der Waals surface area contributed by atoms with Gasteiger partial charge in [-0.25, -0.2) is 9.98 Å². The predicted molar refractivity (Wildman–Crippen MR) is 242 cm³/mol. The van der Waals surface area contributed by atoms with Gasteiger partial charge in [0.1, 0.15) is 22.9 Å². The van der Waals surface area contributed by atoms with Crippen molar-refractivity contribution >= 4 is 23.6 Å². The van der Waals surface area contributed by atoms with E-state index in [1.807, 2.05) is 48.8 Å². The standard InChI is InChI=1S/C25H33N3O.C25H35N3O/c1-3-18-11-8-6-4-5-7-9-12-19-15-20(18)22(27-19)16-24-25(29-2)17-23(28-24)21-13-10-14-26-21;1-3-4-5-6-7-8-9-10-11-13-20-15-16-21(27-20)18-24-25(29-2)19-23(28-24)22-14-12-17-26-22/h10,13-18,26-27H,3-9,11-12H2,1-2H3;12,14-19,26-27H,3-11,13H2,1-2H3/b24-16+;24-18+. The number of nitrogens with one attached hydrogen (secondary N) is 4. The Labute approximate surface area is 347 Å². The molecule has 0 spiro atoms. The van der Waals surface area contributed by atoms with Crippen LogP contribution in [0.4, 0.5) is 0 Å². The summed E-state index contributed by atoms with van der Waals surface area (Å²) in [6.45, 7) is 4.59. The van der Waals surface area contributed by atoms with E-state index in [-0.39, 0.29) is 0 Å². The van der Waals surface area contributed by atoms with Gasteiger partial charge in [-0.3, -0.25) is 0 Å². The molecule has 0 radical (unpaired) electrons. The summed E-state index contributed by atoms with van der Waals surface area (Å²) in [5, 5.41) is 0. The van der Waals surface area contributed by atoms with Crippen molar-refractivity contribution in [1.82, 2.24) is 19.9 Å². The Kier molecular flexibility index (Phi) is 16.8. The Balaban J connectivity index is 0.000000196. The Morgan fingerprint density at radius 2 is 1.28 bits per heavy atom. The highest BCUT2D eigenvalue weighted by atomic mass is 16.5. The first-order valence-corrected chi connectivity index (χ1v) is 22.4. The molecule has 0 amide bonds. The first kappa shape index (κ1) is 42.6. The van der Waals surface area contributed by atoms with Gasteiger partial charge in [-0.15, -0.1) is 0 Å². The molecule has 4 aromatic rings. The number of hydrogen-bond acceptors (Lipinski definition) is 4. The highest BCUT2D eigenvalue weighted by Crippen LogP contribution is 2.34. The largest absolute Gasteiger partial charge is 0.494 e. The lowest BCUT2D eigenvalue weighted by Gasteiger charge is -2.15. The molecule has 58 heavy (non-hydrogen) atoms. The number of rotatable bonds is 17. The van der Waals surface area contributed by atoms with Crippen molar-refractivity contribution in [2.24, 2.45) is 9.98 Å².